The molecule has 3 aromatic rings. The Bertz CT molecular complexity index is 1200. The highest BCUT2D eigenvalue weighted by Crippen LogP contribution is 2.48. The Morgan fingerprint density at radius 2 is 2.09 bits per heavy atom. The lowest BCUT2D eigenvalue weighted by molar-refractivity contribution is 0.0863. The molecule has 2 aliphatic carbocycles. The Labute approximate surface area is 190 Å². The number of halogens is 1. The molecular formula is C24H27FN6O2. The number of pyridine rings is 1. The van der Waals surface area contributed by atoms with Crippen LogP contribution in [-0.4, -0.2) is 49.8 Å². The SMILES string of the molecule is O=C(N[C@@H]1C2CC[C@@H](C2)[C@H]1CO)c1cnn2ccc(N3CCC[C@@H]3c3cncc(F)c3)nc12. The average molecular weight is 451 g/mol. The summed E-state index contributed by atoms with van der Waals surface area (Å²) in [7, 11) is 0. The van der Waals surface area contributed by atoms with Crippen LogP contribution in [0.25, 0.3) is 5.65 Å². The van der Waals surface area contributed by atoms with Gasteiger partial charge in [-0.05, 0) is 61.6 Å². The van der Waals surface area contributed by atoms with Crippen LogP contribution in [0, 0.1) is 23.6 Å². The van der Waals surface area contributed by atoms with Crippen molar-refractivity contribution in [1.82, 2.24) is 24.9 Å². The fourth-order valence-corrected chi connectivity index (χ4v) is 6.30. The Balaban J connectivity index is 1.28. The third-order valence-electron chi connectivity index (χ3n) is 7.85. The van der Waals surface area contributed by atoms with Crippen LogP contribution in [0.15, 0.2) is 36.9 Å². The predicted molar refractivity (Wildman–Crippen MR) is 119 cm³/mol. The van der Waals surface area contributed by atoms with Gasteiger partial charge in [0.25, 0.3) is 5.91 Å². The summed E-state index contributed by atoms with van der Waals surface area (Å²) in [5.74, 6) is 1.26. The summed E-state index contributed by atoms with van der Waals surface area (Å²) >= 11 is 0. The number of hydrogen-bond donors (Lipinski definition) is 2. The summed E-state index contributed by atoms with van der Waals surface area (Å²) in [5.41, 5.74) is 1.75. The quantitative estimate of drug-likeness (QED) is 0.621. The maximum absolute atomic E-state index is 13.8. The van der Waals surface area contributed by atoms with Crippen LogP contribution in [0.1, 0.15) is 54.1 Å². The Morgan fingerprint density at radius 1 is 1.21 bits per heavy atom. The number of fused-ring (bicyclic) bond motifs is 3. The fraction of sp³-hybridized carbons (Fsp3) is 0.500. The van der Waals surface area contributed by atoms with Gasteiger partial charge in [-0.2, -0.15) is 5.10 Å². The summed E-state index contributed by atoms with van der Waals surface area (Å²) in [4.78, 5) is 24.2. The number of amides is 1. The number of aromatic nitrogens is 4. The number of carbonyl (C=O) groups is 1. The highest BCUT2D eigenvalue weighted by molar-refractivity contribution is 6.00. The molecule has 0 aromatic carbocycles. The van der Waals surface area contributed by atoms with E-state index in [0.29, 0.717) is 23.0 Å². The van der Waals surface area contributed by atoms with Gasteiger partial charge in [0.05, 0.1) is 18.4 Å². The van der Waals surface area contributed by atoms with Gasteiger partial charge in [-0.3, -0.25) is 9.78 Å². The maximum Gasteiger partial charge on any atom is 0.257 e. The van der Waals surface area contributed by atoms with Crippen molar-refractivity contribution in [1.29, 1.82) is 0 Å². The molecule has 1 saturated heterocycles. The Morgan fingerprint density at radius 3 is 2.94 bits per heavy atom. The topological polar surface area (TPSA) is 95.6 Å². The molecule has 9 heteroatoms. The van der Waals surface area contributed by atoms with E-state index in [2.05, 4.69) is 20.3 Å². The van der Waals surface area contributed by atoms with E-state index in [9.17, 15) is 14.3 Å². The van der Waals surface area contributed by atoms with Crippen LogP contribution < -0.4 is 10.2 Å². The van der Waals surface area contributed by atoms with Crippen LogP contribution in [0.4, 0.5) is 10.2 Å². The minimum absolute atomic E-state index is 0.00261. The van der Waals surface area contributed by atoms with Gasteiger partial charge in [-0.15, -0.1) is 0 Å². The minimum atomic E-state index is -0.348. The van der Waals surface area contributed by atoms with Gasteiger partial charge in [0.1, 0.15) is 17.2 Å². The highest BCUT2D eigenvalue weighted by atomic mass is 19.1. The van der Waals surface area contributed by atoms with E-state index in [1.165, 1.54) is 12.3 Å². The lowest BCUT2D eigenvalue weighted by Gasteiger charge is -2.30. The highest BCUT2D eigenvalue weighted by Gasteiger charge is 2.47. The molecule has 3 aliphatic rings. The second-order valence-electron chi connectivity index (χ2n) is 9.58. The van der Waals surface area contributed by atoms with Crippen LogP contribution in [0.2, 0.25) is 0 Å². The van der Waals surface area contributed by atoms with Crippen LogP contribution in [0.5, 0.6) is 0 Å². The molecular weight excluding hydrogens is 423 g/mol. The monoisotopic (exact) mass is 450 g/mol. The van der Waals surface area contributed by atoms with Gasteiger partial charge in [0.15, 0.2) is 5.65 Å². The van der Waals surface area contributed by atoms with Gasteiger partial charge in [0.2, 0.25) is 0 Å². The summed E-state index contributed by atoms with van der Waals surface area (Å²) in [6.45, 7) is 0.901. The standard InChI is InChI=1S/C24H27FN6O2/c25-17-9-16(10-26-11-17)20-2-1-6-30(20)21-5-7-31-23(28-21)18(12-27-31)24(33)29-22-15-4-3-14(8-15)19(22)13-32/h5,7,9-12,14-15,19-20,22,32H,1-4,6,8,13H2,(H,29,33)/t14-,15?,19+,20+,22+/m0/s1. The number of hydrogen-bond acceptors (Lipinski definition) is 6. The van der Waals surface area contributed by atoms with Gasteiger partial charge in [0, 0.05) is 37.5 Å². The number of aliphatic hydroxyl groups excluding tert-OH is 1. The summed E-state index contributed by atoms with van der Waals surface area (Å²) in [6, 6.07) is 3.40. The number of carbonyl (C=O) groups excluding carboxylic acids is 1. The number of nitrogens with zero attached hydrogens (tertiary/aromatic N) is 5. The van der Waals surface area contributed by atoms with Crippen molar-refractivity contribution in [2.75, 3.05) is 18.1 Å². The van der Waals surface area contributed by atoms with Gasteiger partial charge >= 0.3 is 0 Å². The molecule has 3 fully saturated rings. The maximum atomic E-state index is 13.8. The van der Waals surface area contributed by atoms with E-state index in [4.69, 9.17) is 4.98 Å². The van der Waals surface area contributed by atoms with Gasteiger partial charge < -0.3 is 15.3 Å². The molecule has 2 N–H and O–H groups in total. The third-order valence-corrected chi connectivity index (χ3v) is 7.85. The first-order chi connectivity index (χ1) is 16.1. The first-order valence-electron chi connectivity index (χ1n) is 11.8. The largest absolute Gasteiger partial charge is 0.396 e. The molecule has 1 aliphatic heterocycles. The average Bonchev–Trinajstić information content (AvgIpc) is 3.61. The van der Waals surface area contributed by atoms with Crippen LogP contribution in [0.3, 0.4) is 0 Å². The van der Waals surface area contributed by atoms with Gasteiger partial charge in [-0.25, -0.2) is 13.9 Å². The number of rotatable bonds is 5. The fourth-order valence-electron chi connectivity index (χ4n) is 6.30. The van der Waals surface area contributed by atoms with Crippen molar-refractivity contribution in [3.63, 3.8) is 0 Å². The number of nitrogens with one attached hydrogen (secondary N) is 1. The molecule has 4 heterocycles. The van der Waals surface area contributed by atoms with Crippen molar-refractivity contribution < 1.29 is 14.3 Å². The first-order valence-corrected chi connectivity index (χ1v) is 11.8. The van der Waals surface area contributed by atoms with Gasteiger partial charge in [-0.1, -0.05) is 0 Å². The smallest absolute Gasteiger partial charge is 0.257 e. The van der Waals surface area contributed by atoms with Crippen molar-refractivity contribution >= 4 is 17.4 Å². The van der Waals surface area contributed by atoms with E-state index in [0.717, 1.165) is 50.0 Å². The normalized spacial score (nSPS) is 28.7. The Kier molecular flexibility index (Phi) is 5.01. The van der Waals surface area contributed by atoms with Crippen molar-refractivity contribution in [3.05, 3.63) is 53.9 Å². The Hall–Kier alpha value is -3.07. The molecule has 172 valence electrons. The number of aliphatic hydroxyl groups is 1. The van der Waals surface area contributed by atoms with E-state index >= 15 is 0 Å². The van der Waals surface area contributed by atoms with E-state index in [1.807, 2.05) is 12.3 Å². The number of anilines is 1. The molecule has 5 atom stereocenters. The lowest BCUT2D eigenvalue weighted by atomic mass is 9.85. The molecule has 3 aromatic heterocycles. The molecule has 2 bridgehead atoms. The zero-order valence-corrected chi connectivity index (χ0v) is 18.3. The van der Waals surface area contributed by atoms with E-state index in [1.54, 1.807) is 16.9 Å². The third kappa shape index (κ3) is 3.45. The van der Waals surface area contributed by atoms with Crippen molar-refractivity contribution in [2.45, 2.75) is 44.2 Å². The molecule has 33 heavy (non-hydrogen) atoms. The second-order valence-corrected chi connectivity index (χ2v) is 9.58. The molecule has 1 amide bonds. The molecule has 2 saturated carbocycles. The molecule has 0 spiro atoms. The van der Waals surface area contributed by atoms with E-state index < -0.39 is 0 Å². The molecule has 0 radical (unpaired) electrons. The van der Waals surface area contributed by atoms with Crippen molar-refractivity contribution in [3.8, 4) is 0 Å². The molecule has 6 rings (SSSR count). The van der Waals surface area contributed by atoms with Crippen LogP contribution in [-0.2, 0) is 0 Å². The molecule has 1 unspecified atom stereocenters. The second kappa shape index (κ2) is 8.06. The van der Waals surface area contributed by atoms with E-state index in [-0.39, 0.29) is 36.3 Å². The summed E-state index contributed by atoms with van der Waals surface area (Å²) < 4.78 is 15.4. The molecule has 8 nitrogen and oxygen atoms in total. The van der Waals surface area contributed by atoms with Crippen LogP contribution >= 0.6 is 0 Å². The lowest BCUT2D eigenvalue weighted by Crippen LogP contribution is -2.45. The van der Waals surface area contributed by atoms with Crippen molar-refractivity contribution in [2.24, 2.45) is 17.8 Å². The zero-order valence-electron chi connectivity index (χ0n) is 18.3. The first kappa shape index (κ1) is 20.5. The summed E-state index contributed by atoms with van der Waals surface area (Å²) in [5, 5.41) is 17.4. The predicted octanol–water partition coefficient (Wildman–Crippen LogP) is 2.74. The zero-order chi connectivity index (χ0) is 22.5. The minimum Gasteiger partial charge on any atom is -0.396 e. The summed E-state index contributed by atoms with van der Waals surface area (Å²) in [6.07, 6.45) is 11.5.